The molecule has 4 nitrogen and oxygen atoms in total. The molecule has 1 aromatic heterocycles. The Balaban J connectivity index is 1.89. The Bertz CT molecular complexity index is 960. The summed E-state index contributed by atoms with van der Waals surface area (Å²) in [5, 5.41) is 6.23. The van der Waals surface area contributed by atoms with Gasteiger partial charge in [0.15, 0.2) is 5.82 Å². The molecule has 28 heavy (non-hydrogen) atoms. The first-order valence-corrected chi connectivity index (χ1v) is 7.76. The zero-order chi connectivity index (χ0) is 20.5. The van der Waals surface area contributed by atoms with Crippen LogP contribution in [0.1, 0.15) is 21.5 Å². The molecule has 3 rings (SSSR count). The molecule has 10 heteroatoms. The van der Waals surface area contributed by atoms with E-state index in [9.17, 15) is 31.1 Å². The van der Waals surface area contributed by atoms with Crippen molar-refractivity contribution in [2.75, 3.05) is 5.32 Å². The van der Waals surface area contributed by atoms with Crippen LogP contribution in [0, 0.1) is 0 Å². The van der Waals surface area contributed by atoms with Crippen LogP contribution in [0.15, 0.2) is 60.8 Å². The lowest BCUT2D eigenvalue weighted by Crippen LogP contribution is -2.17. The topological polar surface area (TPSA) is 46.9 Å². The fourth-order valence-corrected chi connectivity index (χ4v) is 2.39. The minimum atomic E-state index is -5.04. The van der Waals surface area contributed by atoms with Gasteiger partial charge in [0.2, 0.25) is 0 Å². The molecule has 1 N–H and O–H groups in total. The Morgan fingerprint density at radius 2 is 1.43 bits per heavy atom. The molecule has 0 aliphatic rings. The van der Waals surface area contributed by atoms with Crippen molar-refractivity contribution in [2.24, 2.45) is 0 Å². The average molecular weight is 399 g/mol. The molecule has 0 saturated heterocycles. The van der Waals surface area contributed by atoms with Gasteiger partial charge in [0.25, 0.3) is 5.91 Å². The van der Waals surface area contributed by atoms with Gasteiger partial charge < -0.3 is 5.32 Å². The van der Waals surface area contributed by atoms with Gasteiger partial charge in [-0.1, -0.05) is 18.2 Å². The predicted molar refractivity (Wildman–Crippen MR) is 88.0 cm³/mol. The molecular formula is C18H11F6N3O. The smallest absolute Gasteiger partial charge is 0.305 e. The van der Waals surface area contributed by atoms with Gasteiger partial charge in [-0.3, -0.25) is 4.79 Å². The molecule has 0 saturated carbocycles. The minimum Gasteiger partial charge on any atom is -0.305 e. The lowest BCUT2D eigenvalue weighted by molar-refractivity contribution is -0.143. The number of benzene rings is 2. The lowest BCUT2D eigenvalue weighted by atomic mass is 10.0. The minimum absolute atomic E-state index is 0.0279. The first-order chi connectivity index (χ1) is 13.0. The Hall–Kier alpha value is -3.30. The standard InChI is InChI=1S/C18H11F6N3O/c19-17(20,21)12-8-11(9-13(10-12)18(22,23)24)16(28)25-15-6-7-27(26-15)14-4-2-1-3-5-14/h1-10H,(H,25,26,28). The summed E-state index contributed by atoms with van der Waals surface area (Å²) in [6.07, 6.45) is -8.59. The number of anilines is 1. The number of aromatic nitrogens is 2. The van der Waals surface area contributed by atoms with Gasteiger partial charge in [0.1, 0.15) is 0 Å². The summed E-state index contributed by atoms with van der Waals surface area (Å²) in [7, 11) is 0. The van der Waals surface area contributed by atoms with Gasteiger partial charge in [-0.25, -0.2) is 4.68 Å². The van der Waals surface area contributed by atoms with Crippen LogP contribution in [0.3, 0.4) is 0 Å². The van der Waals surface area contributed by atoms with Gasteiger partial charge in [0.05, 0.1) is 16.8 Å². The van der Waals surface area contributed by atoms with Crippen LogP contribution in [-0.2, 0) is 12.4 Å². The Morgan fingerprint density at radius 1 is 0.857 bits per heavy atom. The molecule has 0 bridgehead atoms. The summed E-state index contributed by atoms with van der Waals surface area (Å²) in [6, 6.07) is 10.8. The summed E-state index contributed by atoms with van der Waals surface area (Å²) in [5.74, 6) is -1.17. The molecule has 0 atom stereocenters. The highest BCUT2D eigenvalue weighted by atomic mass is 19.4. The molecule has 0 aliphatic carbocycles. The number of nitrogens with one attached hydrogen (secondary N) is 1. The lowest BCUT2D eigenvalue weighted by Gasteiger charge is -2.13. The SMILES string of the molecule is O=C(Nc1ccn(-c2ccccc2)n1)c1cc(C(F)(F)F)cc(C(F)(F)F)c1. The molecule has 0 radical (unpaired) electrons. The molecule has 2 aromatic carbocycles. The highest BCUT2D eigenvalue weighted by Gasteiger charge is 2.37. The van der Waals surface area contributed by atoms with Gasteiger partial charge in [0, 0.05) is 17.8 Å². The van der Waals surface area contributed by atoms with Gasteiger partial charge >= 0.3 is 12.4 Å². The fraction of sp³-hybridized carbons (Fsp3) is 0.111. The third kappa shape index (κ3) is 4.33. The average Bonchev–Trinajstić information content (AvgIpc) is 3.09. The van der Waals surface area contributed by atoms with Crippen LogP contribution < -0.4 is 5.32 Å². The highest BCUT2D eigenvalue weighted by Crippen LogP contribution is 2.36. The number of para-hydroxylation sites is 1. The predicted octanol–water partition coefficient (Wildman–Crippen LogP) is 5.16. The van der Waals surface area contributed by atoms with E-state index < -0.39 is 35.0 Å². The van der Waals surface area contributed by atoms with Gasteiger partial charge in [-0.2, -0.15) is 31.4 Å². The number of alkyl halides is 6. The molecule has 0 fully saturated rings. The summed E-state index contributed by atoms with van der Waals surface area (Å²) < 4.78 is 78.8. The van der Waals surface area contributed by atoms with Crippen molar-refractivity contribution in [1.29, 1.82) is 0 Å². The Labute approximate surface area is 154 Å². The Morgan fingerprint density at radius 3 is 1.96 bits per heavy atom. The van der Waals surface area contributed by atoms with Gasteiger partial charge in [-0.15, -0.1) is 0 Å². The van der Waals surface area contributed by atoms with E-state index in [4.69, 9.17) is 0 Å². The van der Waals surface area contributed by atoms with Crippen LogP contribution in [0.5, 0.6) is 0 Å². The van der Waals surface area contributed by atoms with E-state index in [0.717, 1.165) is 0 Å². The number of hydrogen-bond donors (Lipinski definition) is 1. The number of halogens is 6. The van der Waals surface area contributed by atoms with Crippen molar-refractivity contribution >= 4 is 11.7 Å². The molecule has 0 spiro atoms. The summed E-state index contributed by atoms with van der Waals surface area (Å²) >= 11 is 0. The maximum atomic E-state index is 12.9. The van der Waals surface area contributed by atoms with Crippen molar-refractivity contribution in [3.8, 4) is 5.69 Å². The quantitative estimate of drug-likeness (QED) is 0.619. The van der Waals surface area contributed by atoms with Crippen LogP contribution in [0.2, 0.25) is 0 Å². The zero-order valence-corrected chi connectivity index (χ0v) is 13.8. The van der Waals surface area contributed by atoms with Crippen molar-refractivity contribution in [3.05, 3.63) is 77.5 Å². The number of nitrogens with zero attached hydrogens (tertiary/aromatic N) is 2. The maximum absolute atomic E-state index is 12.9. The van der Waals surface area contributed by atoms with E-state index in [0.29, 0.717) is 17.8 Å². The van der Waals surface area contributed by atoms with Crippen molar-refractivity contribution < 1.29 is 31.1 Å². The number of hydrogen-bond acceptors (Lipinski definition) is 2. The summed E-state index contributed by atoms with van der Waals surface area (Å²) in [4.78, 5) is 12.2. The first kappa shape index (κ1) is 19.5. The molecule has 1 amide bonds. The maximum Gasteiger partial charge on any atom is 0.416 e. The molecule has 0 unspecified atom stereocenters. The number of rotatable bonds is 3. The van der Waals surface area contributed by atoms with Crippen molar-refractivity contribution in [3.63, 3.8) is 0 Å². The number of carbonyl (C=O) groups is 1. The molecule has 3 aromatic rings. The second kappa shape index (κ2) is 7.02. The first-order valence-electron chi connectivity index (χ1n) is 7.76. The van der Waals surface area contributed by atoms with E-state index >= 15 is 0 Å². The van der Waals surface area contributed by atoms with Gasteiger partial charge in [-0.05, 0) is 30.3 Å². The van der Waals surface area contributed by atoms with Crippen molar-refractivity contribution in [1.82, 2.24) is 9.78 Å². The van der Waals surface area contributed by atoms with Crippen LogP contribution in [0.4, 0.5) is 32.2 Å². The third-order valence-corrected chi connectivity index (χ3v) is 3.70. The van der Waals surface area contributed by atoms with Crippen LogP contribution in [0.25, 0.3) is 5.69 Å². The second-order valence-corrected chi connectivity index (χ2v) is 5.73. The fourth-order valence-electron chi connectivity index (χ4n) is 2.39. The largest absolute Gasteiger partial charge is 0.416 e. The second-order valence-electron chi connectivity index (χ2n) is 5.73. The van der Waals surface area contributed by atoms with E-state index in [-0.39, 0.29) is 11.9 Å². The van der Waals surface area contributed by atoms with Crippen molar-refractivity contribution in [2.45, 2.75) is 12.4 Å². The monoisotopic (exact) mass is 399 g/mol. The Kier molecular flexibility index (Phi) is 4.88. The normalized spacial score (nSPS) is 12.1. The number of amides is 1. The van der Waals surface area contributed by atoms with E-state index in [1.165, 1.54) is 16.9 Å². The van der Waals surface area contributed by atoms with E-state index in [2.05, 4.69) is 10.4 Å². The van der Waals surface area contributed by atoms with Crippen LogP contribution in [-0.4, -0.2) is 15.7 Å². The summed E-state index contributed by atoms with van der Waals surface area (Å²) in [6.45, 7) is 0. The molecule has 0 aliphatic heterocycles. The number of carbonyl (C=O) groups excluding carboxylic acids is 1. The molecular weight excluding hydrogens is 388 g/mol. The summed E-state index contributed by atoms with van der Waals surface area (Å²) in [5.41, 5.74) is -3.26. The third-order valence-electron chi connectivity index (χ3n) is 3.70. The van der Waals surface area contributed by atoms with Crippen LogP contribution >= 0.6 is 0 Å². The van der Waals surface area contributed by atoms with E-state index in [1.807, 2.05) is 0 Å². The molecule has 146 valence electrons. The zero-order valence-electron chi connectivity index (χ0n) is 13.8. The van der Waals surface area contributed by atoms with E-state index in [1.54, 1.807) is 30.3 Å². The highest BCUT2D eigenvalue weighted by molar-refractivity contribution is 6.04. The molecule has 1 heterocycles.